The Morgan fingerprint density at radius 3 is 2.43 bits per heavy atom. The van der Waals surface area contributed by atoms with Gasteiger partial charge >= 0.3 is 0 Å². The molecule has 0 spiro atoms. The fourth-order valence-electron chi connectivity index (χ4n) is 1.85. The minimum Gasteiger partial charge on any atom is -0.267 e. The van der Waals surface area contributed by atoms with Crippen molar-refractivity contribution in [3.05, 3.63) is 77.4 Å². The minimum absolute atomic E-state index is 0.194. The molecule has 0 heterocycles. The number of carbonyl (C=O) groups is 1. The summed E-state index contributed by atoms with van der Waals surface area (Å²) < 4.78 is 0. The second-order valence-corrected chi connectivity index (χ2v) is 4.75. The lowest BCUT2D eigenvalue weighted by molar-refractivity contribution is 0.0954. The Bertz CT molecular complexity index is 673. The van der Waals surface area contributed by atoms with Gasteiger partial charge in [-0.05, 0) is 37.1 Å². The average Bonchev–Trinajstić information content (AvgIpc) is 2.52. The summed E-state index contributed by atoms with van der Waals surface area (Å²) in [7, 11) is 0. The van der Waals surface area contributed by atoms with Gasteiger partial charge in [0.2, 0.25) is 0 Å². The Morgan fingerprint density at radius 2 is 1.71 bits per heavy atom. The topological polar surface area (TPSA) is 41.5 Å². The van der Waals surface area contributed by atoms with Crippen molar-refractivity contribution in [2.24, 2.45) is 5.10 Å². The van der Waals surface area contributed by atoms with Gasteiger partial charge in [0.05, 0.1) is 5.71 Å². The number of benzene rings is 2. The first-order chi connectivity index (χ1) is 10.2. The van der Waals surface area contributed by atoms with E-state index in [2.05, 4.69) is 10.5 Å². The SMILES string of the molecule is CC(/C=C/c1ccccc1)=N\NC(=O)c1ccccc1C. The van der Waals surface area contributed by atoms with Crippen LogP contribution in [0.25, 0.3) is 6.08 Å². The largest absolute Gasteiger partial charge is 0.271 e. The zero-order chi connectivity index (χ0) is 15.1. The summed E-state index contributed by atoms with van der Waals surface area (Å²) in [5.41, 5.74) is 5.98. The molecule has 1 N–H and O–H groups in total. The number of carbonyl (C=O) groups excluding carboxylic acids is 1. The molecular weight excluding hydrogens is 260 g/mol. The highest BCUT2D eigenvalue weighted by Gasteiger charge is 2.06. The molecule has 21 heavy (non-hydrogen) atoms. The van der Waals surface area contributed by atoms with Crippen molar-refractivity contribution in [3.63, 3.8) is 0 Å². The molecule has 2 aromatic rings. The molecule has 0 atom stereocenters. The van der Waals surface area contributed by atoms with Crippen LogP contribution >= 0.6 is 0 Å². The number of nitrogens with one attached hydrogen (secondary N) is 1. The number of rotatable bonds is 4. The van der Waals surface area contributed by atoms with Gasteiger partial charge in [-0.3, -0.25) is 4.79 Å². The van der Waals surface area contributed by atoms with E-state index in [0.717, 1.165) is 16.8 Å². The van der Waals surface area contributed by atoms with E-state index in [0.29, 0.717) is 5.56 Å². The molecule has 0 saturated heterocycles. The van der Waals surface area contributed by atoms with E-state index in [1.807, 2.05) is 74.5 Å². The molecular formula is C18H18N2O. The number of amides is 1. The van der Waals surface area contributed by atoms with E-state index in [1.165, 1.54) is 0 Å². The predicted octanol–water partition coefficient (Wildman–Crippen LogP) is 3.81. The van der Waals surface area contributed by atoms with Gasteiger partial charge in [-0.15, -0.1) is 0 Å². The second kappa shape index (κ2) is 7.20. The standard InChI is InChI=1S/C18H18N2O/c1-14-8-6-7-11-17(14)18(21)20-19-15(2)12-13-16-9-4-3-5-10-16/h3-13H,1-2H3,(H,20,21)/b13-12+,19-15+. The van der Waals surface area contributed by atoms with E-state index < -0.39 is 0 Å². The maximum atomic E-state index is 12.0. The molecule has 0 aliphatic rings. The van der Waals surface area contributed by atoms with Gasteiger partial charge in [0.15, 0.2) is 0 Å². The van der Waals surface area contributed by atoms with Gasteiger partial charge in [-0.2, -0.15) is 5.10 Å². The van der Waals surface area contributed by atoms with Gasteiger partial charge in [0, 0.05) is 5.56 Å². The van der Waals surface area contributed by atoms with Crippen LogP contribution in [0.4, 0.5) is 0 Å². The van der Waals surface area contributed by atoms with Crippen LogP contribution < -0.4 is 5.43 Å². The molecule has 3 nitrogen and oxygen atoms in total. The third-order valence-electron chi connectivity index (χ3n) is 3.04. The maximum absolute atomic E-state index is 12.0. The van der Waals surface area contributed by atoms with Crippen LogP contribution in [0, 0.1) is 6.92 Å². The Labute approximate surface area is 125 Å². The van der Waals surface area contributed by atoms with Crippen LogP contribution in [0.15, 0.2) is 65.8 Å². The van der Waals surface area contributed by atoms with Crippen molar-refractivity contribution in [1.29, 1.82) is 0 Å². The maximum Gasteiger partial charge on any atom is 0.271 e. The van der Waals surface area contributed by atoms with Crippen molar-refractivity contribution in [2.75, 3.05) is 0 Å². The molecule has 106 valence electrons. The number of hydrogen-bond donors (Lipinski definition) is 1. The number of hydrazone groups is 1. The molecule has 2 aromatic carbocycles. The summed E-state index contributed by atoms with van der Waals surface area (Å²) in [4.78, 5) is 12.0. The molecule has 0 aliphatic carbocycles. The number of hydrogen-bond acceptors (Lipinski definition) is 2. The minimum atomic E-state index is -0.194. The molecule has 0 fully saturated rings. The van der Waals surface area contributed by atoms with E-state index in [4.69, 9.17) is 0 Å². The zero-order valence-corrected chi connectivity index (χ0v) is 12.2. The summed E-state index contributed by atoms with van der Waals surface area (Å²) in [5.74, 6) is -0.194. The second-order valence-electron chi connectivity index (χ2n) is 4.75. The lowest BCUT2D eigenvalue weighted by atomic mass is 10.1. The van der Waals surface area contributed by atoms with Crippen LogP contribution in [-0.2, 0) is 0 Å². The van der Waals surface area contributed by atoms with Gasteiger partial charge in [-0.25, -0.2) is 5.43 Å². The van der Waals surface area contributed by atoms with Crippen LogP contribution in [0.5, 0.6) is 0 Å². The highest BCUT2D eigenvalue weighted by Crippen LogP contribution is 2.06. The lowest BCUT2D eigenvalue weighted by Crippen LogP contribution is -2.19. The highest BCUT2D eigenvalue weighted by atomic mass is 16.2. The first kappa shape index (κ1) is 14.7. The zero-order valence-electron chi connectivity index (χ0n) is 12.2. The van der Waals surface area contributed by atoms with Crippen molar-refractivity contribution in [1.82, 2.24) is 5.43 Å². The van der Waals surface area contributed by atoms with Gasteiger partial charge < -0.3 is 0 Å². The first-order valence-electron chi connectivity index (χ1n) is 6.80. The summed E-state index contributed by atoms with van der Waals surface area (Å²) in [6.45, 7) is 3.75. The molecule has 1 amide bonds. The van der Waals surface area contributed by atoms with Crippen LogP contribution in [0.3, 0.4) is 0 Å². The molecule has 0 radical (unpaired) electrons. The molecule has 0 bridgehead atoms. The highest BCUT2D eigenvalue weighted by molar-refractivity contribution is 5.99. The number of nitrogens with zero attached hydrogens (tertiary/aromatic N) is 1. The van der Waals surface area contributed by atoms with Crippen molar-refractivity contribution in [3.8, 4) is 0 Å². The molecule has 0 aromatic heterocycles. The van der Waals surface area contributed by atoms with Crippen molar-refractivity contribution < 1.29 is 4.79 Å². The Morgan fingerprint density at radius 1 is 1.05 bits per heavy atom. The van der Waals surface area contributed by atoms with Gasteiger partial charge in [0.1, 0.15) is 0 Å². The fraction of sp³-hybridized carbons (Fsp3) is 0.111. The Hall–Kier alpha value is -2.68. The third kappa shape index (κ3) is 4.42. The summed E-state index contributed by atoms with van der Waals surface area (Å²) in [5, 5.41) is 4.09. The van der Waals surface area contributed by atoms with E-state index in [-0.39, 0.29) is 5.91 Å². The van der Waals surface area contributed by atoms with Crippen LogP contribution in [-0.4, -0.2) is 11.6 Å². The first-order valence-corrected chi connectivity index (χ1v) is 6.80. The number of aryl methyl sites for hydroxylation is 1. The van der Waals surface area contributed by atoms with Gasteiger partial charge in [-0.1, -0.05) is 54.6 Å². The summed E-state index contributed by atoms with van der Waals surface area (Å²) in [6.07, 6.45) is 3.83. The Kier molecular flexibility index (Phi) is 5.04. The van der Waals surface area contributed by atoms with E-state index in [9.17, 15) is 4.79 Å². The number of allylic oxidation sites excluding steroid dienone is 1. The molecule has 0 unspecified atom stereocenters. The monoisotopic (exact) mass is 278 g/mol. The summed E-state index contributed by atoms with van der Waals surface area (Å²) in [6, 6.07) is 17.4. The average molecular weight is 278 g/mol. The quantitative estimate of drug-likeness (QED) is 0.670. The molecule has 0 saturated carbocycles. The van der Waals surface area contributed by atoms with E-state index in [1.54, 1.807) is 6.07 Å². The summed E-state index contributed by atoms with van der Waals surface area (Å²) >= 11 is 0. The molecule has 2 rings (SSSR count). The normalized spacial score (nSPS) is 11.6. The lowest BCUT2D eigenvalue weighted by Gasteiger charge is -2.03. The fourth-order valence-corrected chi connectivity index (χ4v) is 1.85. The van der Waals surface area contributed by atoms with Crippen molar-refractivity contribution >= 4 is 17.7 Å². The van der Waals surface area contributed by atoms with Crippen LogP contribution in [0.1, 0.15) is 28.4 Å². The van der Waals surface area contributed by atoms with Gasteiger partial charge in [0.25, 0.3) is 5.91 Å². The predicted molar refractivity (Wildman–Crippen MR) is 87.2 cm³/mol. The van der Waals surface area contributed by atoms with Crippen molar-refractivity contribution in [2.45, 2.75) is 13.8 Å². The molecule has 0 aliphatic heterocycles. The Balaban J connectivity index is 1.99. The van der Waals surface area contributed by atoms with Crippen LogP contribution in [0.2, 0.25) is 0 Å². The third-order valence-corrected chi connectivity index (χ3v) is 3.04. The molecule has 3 heteroatoms. The smallest absolute Gasteiger partial charge is 0.267 e. The van der Waals surface area contributed by atoms with E-state index >= 15 is 0 Å².